The standard InChI is InChI=1S/C32H29F2N5O9S2/c33-20-11-18-25(38(16-3-4-16)12-19(27(18)41)30(43)44)22(34)26(20)36-5-7-37(8-6-36)32(47)48-13-15-14-50-29-23(28(42)39(29)24(15)31(45)46)35-21(40)10-17-2-1-9-49-17/h1-2,9,11-12,16,23,29H,3-8,10,13-14H2,(H,35,40)(H,43,44)(H,45,46)/t23-,29-/m0/s1. The molecule has 2 atom stereocenters. The summed E-state index contributed by atoms with van der Waals surface area (Å²) in [5.41, 5.74) is -2.23. The van der Waals surface area contributed by atoms with Crippen LogP contribution in [0.4, 0.5) is 19.3 Å². The van der Waals surface area contributed by atoms with Crippen LogP contribution in [0, 0.1) is 11.6 Å². The van der Waals surface area contributed by atoms with Crippen molar-refractivity contribution in [2.45, 2.75) is 36.7 Å². The van der Waals surface area contributed by atoms with Crippen molar-refractivity contribution in [3.05, 3.63) is 73.3 Å². The fraction of sp³-hybridized carbons (Fsp3) is 0.375. The average molecular weight is 730 g/mol. The Hall–Kier alpha value is -4.97. The van der Waals surface area contributed by atoms with E-state index in [0.29, 0.717) is 12.8 Å². The molecule has 50 heavy (non-hydrogen) atoms. The first-order chi connectivity index (χ1) is 23.9. The maximum Gasteiger partial charge on any atom is 0.410 e. The van der Waals surface area contributed by atoms with Crippen LogP contribution >= 0.6 is 23.1 Å². The maximum atomic E-state index is 16.0. The Morgan fingerprint density at radius 2 is 1.78 bits per heavy atom. The zero-order chi connectivity index (χ0) is 35.4. The number of β-lactam (4-membered cyclic amide) rings is 1. The second-order valence-corrected chi connectivity index (χ2v) is 14.4. The van der Waals surface area contributed by atoms with E-state index in [-0.39, 0.29) is 72.5 Å². The molecule has 2 saturated heterocycles. The molecular formula is C32H29F2N5O9S2. The topological polar surface area (TPSA) is 179 Å². The van der Waals surface area contributed by atoms with E-state index in [0.717, 1.165) is 22.0 Å². The van der Waals surface area contributed by atoms with Crippen LogP contribution in [0.3, 0.4) is 0 Å². The smallest absolute Gasteiger partial charge is 0.410 e. The number of carboxylic acid groups (broad SMARTS) is 2. The van der Waals surface area contributed by atoms with Crippen LogP contribution in [0.25, 0.3) is 10.9 Å². The van der Waals surface area contributed by atoms with E-state index in [9.17, 15) is 39.0 Å². The summed E-state index contributed by atoms with van der Waals surface area (Å²) in [6.07, 6.45) is 1.71. The van der Waals surface area contributed by atoms with Gasteiger partial charge in [-0.2, -0.15) is 0 Å². The molecule has 0 bridgehead atoms. The number of benzene rings is 1. The highest BCUT2D eigenvalue weighted by Crippen LogP contribution is 2.41. The number of hydrogen-bond donors (Lipinski definition) is 3. The van der Waals surface area contributed by atoms with Crippen molar-refractivity contribution >= 4 is 69.5 Å². The number of aromatic nitrogens is 1. The van der Waals surface area contributed by atoms with Crippen LogP contribution in [-0.2, 0) is 25.5 Å². The lowest BCUT2D eigenvalue weighted by Crippen LogP contribution is -2.70. The third-order valence-electron chi connectivity index (χ3n) is 9.06. The average Bonchev–Trinajstić information content (AvgIpc) is 3.81. The van der Waals surface area contributed by atoms with Gasteiger partial charge in [0.1, 0.15) is 40.8 Å². The lowest BCUT2D eigenvalue weighted by molar-refractivity contribution is -0.150. The van der Waals surface area contributed by atoms with Gasteiger partial charge in [-0.1, -0.05) is 6.07 Å². The number of aliphatic carboxylic acids is 1. The number of nitrogens with zero attached hydrogens (tertiary/aromatic N) is 4. The van der Waals surface area contributed by atoms with Gasteiger partial charge in [-0.15, -0.1) is 23.1 Å². The van der Waals surface area contributed by atoms with Gasteiger partial charge in [-0.25, -0.2) is 23.2 Å². The number of anilines is 1. The summed E-state index contributed by atoms with van der Waals surface area (Å²) in [7, 11) is 0. The molecule has 1 aromatic carbocycles. The number of carbonyl (C=O) groups excluding carboxylic acids is 3. The number of pyridine rings is 1. The number of hydrogen-bond acceptors (Lipinski definition) is 10. The number of carboxylic acids is 2. The van der Waals surface area contributed by atoms with Gasteiger partial charge in [0.05, 0.1) is 17.3 Å². The number of ether oxygens (including phenoxy) is 1. The summed E-state index contributed by atoms with van der Waals surface area (Å²) in [6, 6.07) is 3.36. The molecular weight excluding hydrogens is 701 g/mol. The highest BCUT2D eigenvalue weighted by atomic mass is 32.2. The minimum absolute atomic E-state index is 0.00219. The van der Waals surface area contributed by atoms with Crippen LogP contribution in [0.5, 0.6) is 0 Å². The van der Waals surface area contributed by atoms with E-state index < -0.39 is 70.3 Å². The first-order valence-electron chi connectivity index (χ1n) is 15.6. The summed E-state index contributed by atoms with van der Waals surface area (Å²) in [6.45, 7) is -0.412. The molecule has 1 aliphatic carbocycles. The monoisotopic (exact) mass is 729 g/mol. The molecule has 5 heterocycles. The number of aromatic carboxylic acids is 1. The second kappa shape index (κ2) is 13.1. The molecule has 0 radical (unpaired) electrons. The summed E-state index contributed by atoms with van der Waals surface area (Å²) >= 11 is 2.65. The number of rotatable bonds is 9. The normalized spacial score (nSPS) is 20.4. The summed E-state index contributed by atoms with van der Waals surface area (Å²) < 4.78 is 38.2. The van der Waals surface area contributed by atoms with Gasteiger partial charge < -0.3 is 34.6 Å². The summed E-state index contributed by atoms with van der Waals surface area (Å²) in [5, 5.41) is 22.9. The number of fused-ring (bicyclic) bond motifs is 2. The van der Waals surface area contributed by atoms with E-state index in [1.54, 1.807) is 6.07 Å². The molecule has 3 amide bonds. The molecule has 3 fully saturated rings. The first kappa shape index (κ1) is 33.5. The Labute approximate surface area is 289 Å². The predicted molar refractivity (Wildman–Crippen MR) is 176 cm³/mol. The lowest BCUT2D eigenvalue weighted by Gasteiger charge is -2.49. The van der Waals surface area contributed by atoms with Crippen LogP contribution < -0.4 is 15.6 Å². The van der Waals surface area contributed by atoms with Crippen molar-refractivity contribution in [1.82, 2.24) is 19.7 Å². The fourth-order valence-corrected chi connectivity index (χ4v) is 8.49. The number of carbonyl (C=O) groups is 5. The summed E-state index contributed by atoms with van der Waals surface area (Å²) in [4.78, 5) is 79.7. The maximum absolute atomic E-state index is 16.0. The molecule has 3 aliphatic heterocycles. The van der Waals surface area contributed by atoms with Crippen LogP contribution in [0.2, 0.25) is 0 Å². The minimum atomic E-state index is -1.49. The first-order valence-corrected chi connectivity index (χ1v) is 17.6. The second-order valence-electron chi connectivity index (χ2n) is 12.2. The van der Waals surface area contributed by atoms with E-state index in [1.165, 1.54) is 37.5 Å². The van der Waals surface area contributed by atoms with Gasteiger partial charge in [0.25, 0.3) is 5.91 Å². The quantitative estimate of drug-likeness (QED) is 0.276. The van der Waals surface area contributed by atoms with Gasteiger partial charge in [0.2, 0.25) is 11.3 Å². The third kappa shape index (κ3) is 5.95. The van der Waals surface area contributed by atoms with E-state index in [1.807, 2.05) is 11.4 Å². The molecule has 262 valence electrons. The molecule has 4 aliphatic rings. The Bertz CT molecular complexity index is 2040. The van der Waals surface area contributed by atoms with Gasteiger partial charge in [-0.3, -0.25) is 19.3 Å². The highest BCUT2D eigenvalue weighted by Gasteiger charge is 2.54. The molecule has 1 saturated carbocycles. The van der Waals surface area contributed by atoms with E-state index in [4.69, 9.17) is 4.74 Å². The predicted octanol–water partition coefficient (Wildman–Crippen LogP) is 2.61. The number of halogens is 2. The Morgan fingerprint density at radius 1 is 1.04 bits per heavy atom. The number of thiophene rings is 1. The molecule has 2 aromatic heterocycles. The van der Waals surface area contributed by atoms with Crippen molar-refractivity contribution in [3.8, 4) is 0 Å². The van der Waals surface area contributed by atoms with Crippen molar-refractivity contribution in [1.29, 1.82) is 0 Å². The SMILES string of the molecule is O=C(Cc1cccs1)N[C@H]1C(=O)N2C(C(=O)O)=C(COC(=O)N3CCN(c4c(F)cc5c(=O)c(C(=O)O)cn(C6CC6)c5c4F)CC3)CS[C@@H]12. The number of thioether (sulfide) groups is 1. The third-order valence-corrected chi connectivity index (χ3v) is 11.3. The minimum Gasteiger partial charge on any atom is -0.477 e. The molecule has 18 heteroatoms. The van der Waals surface area contributed by atoms with Crippen LogP contribution in [0.15, 0.2) is 45.8 Å². The van der Waals surface area contributed by atoms with Crippen LogP contribution in [-0.4, -0.2) is 104 Å². The number of amides is 3. The molecule has 7 rings (SSSR count). The van der Waals surface area contributed by atoms with E-state index >= 15 is 8.78 Å². The lowest BCUT2D eigenvalue weighted by atomic mass is 10.0. The number of nitrogens with one attached hydrogen (secondary N) is 1. The molecule has 14 nitrogen and oxygen atoms in total. The fourth-order valence-electron chi connectivity index (χ4n) is 6.46. The van der Waals surface area contributed by atoms with Crippen molar-refractivity contribution < 1.29 is 47.7 Å². The zero-order valence-corrected chi connectivity index (χ0v) is 27.7. The van der Waals surface area contributed by atoms with E-state index in [2.05, 4.69) is 5.32 Å². The summed E-state index contributed by atoms with van der Waals surface area (Å²) in [5.74, 6) is -5.71. The van der Waals surface area contributed by atoms with Crippen molar-refractivity contribution in [2.24, 2.45) is 0 Å². The highest BCUT2D eigenvalue weighted by molar-refractivity contribution is 8.00. The molecule has 3 aromatic rings. The number of piperazine rings is 1. The molecule has 3 N–H and O–H groups in total. The molecule has 0 spiro atoms. The Morgan fingerprint density at radius 3 is 2.42 bits per heavy atom. The van der Waals surface area contributed by atoms with Crippen molar-refractivity contribution in [3.63, 3.8) is 0 Å². The van der Waals surface area contributed by atoms with Gasteiger partial charge in [0, 0.05) is 54.6 Å². The molecule has 0 unspecified atom stereocenters. The van der Waals surface area contributed by atoms with Crippen molar-refractivity contribution in [2.75, 3.05) is 43.4 Å². The largest absolute Gasteiger partial charge is 0.477 e. The van der Waals surface area contributed by atoms with Gasteiger partial charge in [-0.05, 0) is 30.4 Å². The Balaban J connectivity index is 1.000. The van der Waals surface area contributed by atoms with Gasteiger partial charge >= 0.3 is 18.0 Å². The van der Waals surface area contributed by atoms with Gasteiger partial charge in [0.15, 0.2) is 5.82 Å². The van der Waals surface area contributed by atoms with Crippen LogP contribution in [0.1, 0.15) is 34.1 Å². The zero-order valence-electron chi connectivity index (χ0n) is 26.1. The Kier molecular flexibility index (Phi) is 8.75.